The van der Waals surface area contributed by atoms with Crippen LogP contribution in [0.4, 0.5) is 132 Å². The molecule has 0 saturated heterocycles. The van der Waals surface area contributed by atoms with Gasteiger partial charge >= 0.3 is 0 Å². The Morgan fingerprint density at radius 3 is 0.588 bits per heavy atom. The smallest absolute Gasteiger partial charge is 0.265 e. The molecule has 2 N–H and O–H groups in total. The summed E-state index contributed by atoms with van der Waals surface area (Å²) >= 11 is 0. The summed E-state index contributed by atoms with van der Waals surface area (Å²) in [7, 11) is 0. The molecule has 1 heterocycles. The Morgan fingerprint density at radius 1 is 0.228 bits per heavy atom. The van der Waals surface area contributed by atoms with Gasteiger partial charge in [-0.2, -0.15) is 0 Å². The van der Waals surface area contributed by atoms with Gasteiger partial charge in [0.05, 0.1) is 5.69 Å². The summed E-state index contributed by atoms with van der Waals surface area (Å²) in [5, 5.41) is 9.74. The number of benzene rings is 7. The molecular formula is C79H76B2F30N2O. The van der Waals surface area contributed by atoms with Crippen LogP contribution in [0.1, 0.15) is 218 Å². The van der Waals surface area contributed by atoms with Crippen LogP contribution in [0.15, 0.2) is 24.3 Å². The lowest BCUT2D eigenvalue weighted by Crippen LogP contribution is -2.60. The second-order valence-corrected chi connectivity index (χ2v) is 27.2. The van der Waals surface area contributed by atoms with Gasteiger partial charge in [0.25, 0.3) is 13.4 Å². The summed E-state index contributed by atoms with van der Waals surface area (Å²) in [5.74, 6) is -89.2. The lowest BCUT2D eigenvalue weighted by molar-refractivity contribution is 0.380. The van der Waals surface area contributed by atoms with E-state index in [1.807, 2.05) is 12.1 Å². The highest BCUT2D eigenvalue weighted by molar-refractivity contribution is 6.96. The van der Waals surface area contributed by atoms with Crippen LogP contribution in [0.3, 0.4) is 0 Å². The monoisotopic (exact) mass is 1660 g/mol. The van der Waals surface area contributed by atoms with Crippen molar-refractivity contribution in [1.29, 1.82) is 0 Å². The first-order valence-electron chi connectivity index (χ1n) is 37.0. The van der Waals surface area contributed by atoms with Gasteiger partial charge in [-0.3, -0.25) is 0 Å². The maximum Gasteiger partial charge on any atom is 0.265 e. The van der Waals surface area contributed by atoms with E-state index in [-0.39, 0.29) is 0 Å². The third-order valence-corrected chi connectivity index (χ3v) is 19.2. The van der Waals surface area contributed by atoms with Crippen LogP contribution in [-0.2, 0) is 12.8 Å². The summed E-state index contributed by atoms with van der Waals surface area (Å²) in [6.07, 6.45) is 44.3. The van der Waals surface area contributed by atoms with Crippen LogP contribution in [0.5, 0.6) is 5.75 Å². The molecule has 0 unspecified atom stereocenters. The highest BCUT2D eigenvalue weighted by Gasteiger charge is 2.48. The van der Waals surface area contributed by atoms with E-state index < -0.39 is 221 Å². The van der Waals surface area contributed by atoms with Gasteiger partial charge in [-0.15, -0.1) is 0 Å². The average Bonchev–Trinajstić information content (AvgIpc) is 0.781. The minimum atomic E-state index is -3.96. The molecule has 0 amide bonds. The third kappa shape index (κ3) is 22.6. The topological polar surface area (TPSA) is 48.9 Å². The first-order chi connectivity index (χ1) is 54.1. The lowest BCUT2D eigenvalue weighted by Gasteiger charge is -2.21. The van der Waals surface area contributed by atoms with Gasteiger partial charge in [-0.25, -0.2) is 137 Å². The molecule has 1 aromatic heterocycles. The molecule has 8 aromatic rings. The number of aromatic hydroxyl groups is 1. The molecule has 0 aliphatic heterocycles. The summed E-state index contributed by atoms with van der Waals surface area (Å²) in [6, 6.07) is 7.48. The highest BCUT2D eigenvalue weighted by atomic mass is 19.2. The first kappa shape index (κ1) is 94.4. The van der Waals surface area contributed by atoms with Crippen molar-refractivity contribution in [2.75, 3.05) is 0 Å². The van der Waals surface area contributed by atoms with Gasteiger partial charge in [-0.1, -0.05) is 194 Å². The number of rotatable bonds is 39. The summed E-state index contributed by atoms with van der Waals surface area (Å²) in [6.45, 7) is -3.32. The number of phenols is 1. The number of H-pyrrole nitrogens is 1. The van der Waals surface area contributed by atoms with Crippen LogP contribution >= 0.6 is 0 Å². The molecule has 0 radical (unpaired) electrons. The number of nitrogens with zero attached hydrogens (tertiary/aromatic N) is 1. The summed E-state index contributed by atoms with van der Waals surface area (Å²) in [4.78, 5) is 8.74. The minimum Gasteiger partial charge on any atom is -0.508 e. The maximum atomic E-state index is 14.4. The number of halogens is 30. The predicted molar refractivity (Wildman–Crippen MR) is 370 cm³/mol. The fourth-order valence-corrected chi connectivity index (χ4v) is 13.1. The van der Waals surface area contributed by atoms with Gasteiger partial charge in [0.15, 0.2) is 175 Å². The molecule has 0 atom stereocenters. The Balaban J connectivity index is 0.000000270. The molecule has 35 heteroatoms. The number of hydrogen-bond acceptors (Lipinski definition) is 2. The summed E-state index contributed by atoms with van der Waals surface area (Å²) in [5.41, 5.74) is -12.4. The molecule has 0 aliphatic carbocycles. The van der Waals surface area contributed by atoms with Crippen molar-refractivity contribution in [2.45, 2.75) is 219 Å². The fraction of sp³-hybridized carbons (Fsp3) is 0.430. The third-order valence-electron chi connectivity index (χ3n) is 19.2. The number of unbranched alkanes of at least 4 members (excludes halogenated alkanes) is 28. The zero-order chi connectivity index (χ0) is 84.7. The highest BCUT2D eigenvalue weighted by Crippen LogP contribution is 2.30. The molecule has 0 fully saturated rings. The molecule has 0 bridgehead atoms. The van der Waals surface area contributed by atoms with E-state index in [4.69, 9.17) is 4.98 Å². The molecular weight excluding hydrogens is 1580 g/mol. The molecule has 8 rings (SSSR count). The lowest BCUT2D eigenvalue weighted by atomic mass is 9.36. The van der Waals surface area contributed by atoms with Gasteiger partial charge in [0.1, 0.15) is 11.6 Å². The molecule has 7 aromatic carbocycles. The number of aromatic nitrogens is 2. The summed E-state index contributed by atoms with van der Waals surface area (Å²) < 4.78 is 417. The standard InChI is InChI=1S/C43H76N2O.2C18BF15/c1-3-5-7-9-11-13-15-17-19-21-23-25-27-29-31-33-41-42(45-43(44-41)39-35-37-40(46)38-36-39)34-32-30-28-26-24-22-20-18-16-14-12-10-8-6-4-2;2*20-4-1(5(21)11(27)16(32)10(4)26)19(2-6(22)12(28)17(33)13(29)7(2)23)3-8(24)14(30)18(34)15(31)9(3)25/h35-38,46H,3-34H2,1-2H3,(H,44,45);;. The van der Waals surface area contributed by atoms with Crippen LogP contribution in [0, 0.1) is 175 Å². The van der Waals surface area contributed by atoms with Crippen LogP contribution in [-0.4, -0.2) is 28.5 Å². The van der Waals surface area contributed by atoms with Gasteiger partial charge < -0.3 is 10.1 Å². The quantitative estimate of drug-likeness (QED) is 0.0133. The fourth-order valence-electron chi connectivity index (χ4n) is 13.1. The number of hydrogen-bond donors (Lipinski definition) is 2. The number of nitrogens with one attached hydrogen (secondary N) is 1. The first-order valence-corrected chi connectivity index (χ1v) is 37.0. The van der Waals surface area contributed by atoms with Crippen molar-refractivity contribution >= 4 is 46.2 Å². The van der Waals surface area contributed by atoms with Crippen LogP contribution in [0.25, 0.3) is 11.4 Å². The van der Waals surface area contributed by atoms with E-state index in [2.05, 4.69) is 18.8 Å². The molecule has 0 saturated carbocycles. The SMILES string of the molecule is CCCCCCCCCCCCCCCCCc1nc(-c2ccc(O)cc2)[nH]c1CCCCCCCCCCCCCCCCC.Fc1c(F)c(F)c(B(c2c(F)c(F)c(F)c(F)c2F)c2c(F)c(F)c(F)c(F)c2F)c(F)c1F.Fc1c(F)c(F)c(B(c2c(F)c(F)c(F)c(F)c2F)c2c(F)c(F)c(F)c(F)c2F)c(F)c1F. The Morgan fingerprint density at radius 2 is 0.395 bits per heavy atom. The number of phenolic OH excluding ortho intramolecular Hbond substituents is 1. The van der Waals surface area contributed by atoms with Crippen molar-refractivity contribution in [2.24, 2.45) is 0 Å². The van der Waals surface area contributed by atoms with E-state index in [0.29, 0.717) is 5.75 Å². The second-order valence-electron chi connectivity index (χ2n) is 27.2. The van der Waals surface area contributed by atoms with E-state index in [9.17, 15) is 137 Å². The van der Waals surface area contributed by atoms with Crippen LogP contribution in [0.2, 0.25) is 0 Å². The molecule has 114 heavy (non-hydrogen) atoms. The van der Waals surface area contributed by atoms with Gasteiger partial charge in [0, 0.05) is 44.0 Å². The van der Waals surface area contributed by atoms with Crippen LogP contribution < -0.4 is 32.8 Å². The molecule has 3 nitrogen and oxygen atoms in total. The van der Waals surface area contributed by atoms with Crippen molar-refractivity contribution < 1.29 is 137 Å². The Kier molecular flexibility index (Phi) is 37.0. The maximum absolute atomic E-state index is 14.4. The van der Waals surface area contributed by atoms with Crippen molar-refractivity contribution in [3.05, 3.63) is 210 Å². The van der Waals surface area contributed by atoms with E-state index in [0.717, 1.165) is 24.2 Å². The van der Waals surface area contributed by atoms with E-state index in [1.165, 1.54) is 204 Å². The average molecular weight is 1660 g/mol. The zero-order valence-electron chi connectivity index (χ0n) is 61.3. The van der Waals surface area contributed by atoms with E-state index in [1.54, 1.807) is 12.1 Å². The number of imidazole rings is 1. The Labute approximate surface area is 637 Å². The molecule has 624 valence electrons. The molecule has 0 spiro atoms. The minimum absolute atomic E-state index is 0.311. The second kappa shape index (κ2) is 44.6. The largest absolute Gasteiger partial charge is 0.508 e. The number of aromatic amines is 1. The molecule has 0 aliphatic rings. The van der Waals surface area contributed by atoms with Crippen molar-refractivity contribution in [1.82, 2.24) is 9.97 Å². The predicted octanol–water partition coefficient (Wildman–Crippen LogP) is 23.2. The van der Waals surface area contributed by atoms with Gasteiger partial charge in [-0.05, 0) is 49.9 Å². The Bertz CT molecular complexity index is 3810. The Hall–Kier alpha value is -8.42. The van der Waals surface area contributed by atoms with Crippen molar-refractivity contribution in [3.8, 4) is 17.1 Å². The normalized spacial score (nSPS) is 11.4. The van der Waals surface area contributed by atoms with Crippen molar-refractivity contribution in [3.63, 3.8) is 0 Å². The number of aryl methyl sites for hydroxylation is 2. The zero-order valence-corrected chi connectivity index (χ0v) is 61.3. The van der Waals surface area contributed by atoms with Gasteiger partial charge in [0.2, 0.25) is 0 Å². The van der Waals surface area contributed by atoms with E-state index >= 15 is 0 Å².